The zero-order valence-corrected chi connectivity index (χ0v) is 21.2. The van der Waals surface area contributed by atoms with Crippen molar-refractivity contribution in [2.45, 2.75) is 28.9 Å². The summed E-state index contributed by atoms with van der Waals surface area (Å²) >= 11 is 14.7. The molecule has 0 radical (unpaired) electrons. The Morgan fingerprint density at radius 1 is 0.842 bits per heavy atom. The first-order valence-electron chi connectivity index (χ1n) is 11.8. The Hall–Kier alpha value is -3.36. The van der Waals surface area contributed by atoms with E-state index >= 15 is 0 Å². The number of imide groups is 1. The third-order valence-corrected chi connectivity index (χ3v) is 9.13. The second-order valence-electron chi connectivity index (χ2n) is 9.76. The number of hydrogen-bond acceptors (Lipinski definition) is 3. The van der Waals surface area contributed by atoms with Gasteiger partial charge in [-0.15, -0.1) is 23.2 Å². The van der Waals surface area contributed by atoms with Gasteiger partial charge in [-0.3, -0.25) is 19.3 Å². The molecule has 2 bridgehead atoms. The number of anilines is 1. The van der Waals surface area contributed by atoms with Gasteiger partial charge in [0.05, 0.1) is 17.4 Å². The summed E-state index contributed by atoms with van der Waals surface area (Å²) in [6, 6.07) is 17.1. The Labute approximate surface area is 225 Å². The van der Waals surface area contributed by atoms with E-state index in [-0.39, 0.29) is 5.69 Å². The molecule has 1 heterocycles. The zero-order valence-electron chi connectivity index (χ0n) is 19.7. The van der Waals surface area contributed by atoms with Crippen LogP contribution in [0, 0.1) is 11.8 Å². The minimum atomic E-state index is -4.60. The number of alkyl halides is 5. The van der Waals surface area contributed by atoms with E-state index in [1.54, 1.807) is 48.5 Å². The average Bonchev–Trinajstić information content (AvgIpc) is 3.17. The van der Waals surface area contributed by atoms with Crippen LogP contribution < -0.4 is 5.32 Å². The fraction of sp³-hybridized carbons (Fsp3) is 0.250. The van der Waals surface area contributed by atoms with Crippen LogP contribution in [-0.4, -0.2) is 28.7 Å². The van der Waals surface area contributed by atoms with Crippen LogP contribution in [0.25, 0.3) is 0 Å². The van der Waals surface area contributed by atoms with E-state index < -0.39 is 57.1 Å². The van der Waals surface area contributed by atoms with E-state index in [2.05, 4.69) is 5.32 Å². The molecule has 0 aromatic heterocycles. The number of nitrogens with one attached hydrogen (secondary N) is 1. The van der Waals surface area contributed by atoms with Crippen LogP contribution in [0.2, 0.25) is 0 Å². The normalized spacial score (nSPS) is 28.0. The van der Waals surface area contributed by atoms with Gasteiger partial charge in [0.1, 0.15) is 15.8 Å². The lowest BCUT2D eigenvalue weighted by Gasteiger charge is -2.54. The molecule has 1 N–H and O–H groups in total. The van der Waals surface area contributed by atoms with Crippen molar-refractivity contribution in [3.05, 3.63) is 101 Å². The van der Waals surface area contributed by atoms with Gasteiger partial charge < -0.3 is 5.32 Å². The molecule has 38 heavy (non-hydrogen) atoms. The molecule has 1 aliphatic heterocycles. The van der Waals surface area contributed by atoms with Gasteiger partial charge >= 0.3 is 6.18 Å². The van der Waals surface area contributed by atoms with Crippen LogP contribution in [-0.2, 0) is 30.3 Å². The van der Waals surface area contributed by atoms with Crippen molar-refractivity contribution < 1.29 is 27.6 Å². The van der Waals surface area contributed by atoms with Crippen LogP contribution in [0.15, 0.2) is 72.8 Å². The molecule has 7 rings (SSSR count). The fourth-order valence-corrected chi connectivity index (χ4v) is 7.31. The van der Waals surface area contributed by atoms with Gasteiger partial charge in [0, 0.05) is 5.69 Å². The fourth-order valence-electron chi connectivity index (χ4n) is 6.21. The summed E-state index contributed by atoms with van der Waals surface area (Å²) in [5, 5.41) is 2.39. The number of likely N-dealkylation sites (tertiary alicyclic amines) is 1. The highest BCUT2D eigenvalue weighted by Gasteiger charge is 2.73. The van der Waals surface area contributed by atoms with E-state index in [4.69, 9.17) is 23.2 Å². The summed E-state index contributed by atoms with van der Waals surface area (Å²) in [4.78, 5) is 39.0. The van der Waals surface area contributed by atoms with E-state index in [0.29, 0.717) is 22.3 Å². The minimum absolute atomic E-state index is 0.115. The first-order chi connectivity index (χ1) is 17.9. The van der Waals surface area contributed by atoms with E-state index in [0.717, 1.165) is 23.1 Å². The Morgan fingerprint density at radius 2 is 1.29 bits per heavy atom. The number of rotatable bonds is 3. The van der Waals surface area contributed by atoms with Crippen LogP contribution in [0.5, 0.6) is 0 Å². The number of benzene rings is 3. The Balaban J connectivity index is 1.40. The highest BCUT2D eigenvalue weighted by atomic mass is 35.5. The topological polar surface area (TPSA) is 66.5 Å². The zero-order chi connectivity index (χ0) is 27.2. The monoisotopic (exact) mass is 558 g/mol. The summed E-state index contributed by atoms with van der Waals surface area (Å²) in [5.41, 5.74) is 1.45. The predicted octanol–water partition coefficient (Wildman–Crippen LogP) is 5.63. The van der Waals surface area contributed by atoms with Gasteiger partial charge in [0.2, 0.25) is 17.7 Å². The molecule has 4 aliphatic rings. The highest BCUT2D eigenvalue weighted by molar-refractivity contribution is 6.36. The van der Waals surface area contributed by atoms with E-state index in [1.165, 1.54) is 13.0 Å². The Morgan fingerprint density at radius 3 is 1.71 bits per heavy atom. The van der Waals surface area contributed by atoms with Crippen molar-refractivity contribution in [1.29, 1.82) is 0 Å². The number of carbonyl (C=O) groups is 3. The SMILES string of the molecule is C[C@@H](C(=O)Nc1cccc(C(F)(F)F)c1)N1C(=O)[C@@H]2[C@H](C1=O)C1(Cl)c3ccccc3C2(Cl)c2ccccc21. The minimum Gasteiger partial charge on any atom is -0.324 e. The van der Waals surface area contributed by atoms with Crippen LogP contribution in [0.4, 0.5) is 18.9 Å². The number of hydrogen-bond donors (Lipinski definition) is 1. The molecular weight excluding hydrogens is 540 g/mol. The molecule has 0 unspecified atom stereocenters. The molecule has 5 nitrogen and oxygen atoms in total. The van der Waals surface area contributed by atoms with Gasteiger partial charge in [-0.2, -0.15) is 13.2 Å². The molecule has 194 valence electrons. The van der Waals surface area contributed by atoms with Gasteiger partial charge in [0.25, 0.3) is 0 Å². The lowest BCUT2D eigenvalue weighted by Crippen LogP contribution is -2.57. The smallest absolute Gasteiger partial charge is 0.324 e. The number of halogens is 5. The van der Waals surface area contributed by atoms with Gasteiger partial charge in [0.15, 0.2) is 0 Å². The molecule has 1 fully saturated rings. The van der Waals surface area contributed by atoms with Crippen molar-refractivity contribution >= 4 is 46.6 Å². The van der Waals surface area contributed by atoms with Crippen molar-refractivity contribution in [2.24, 2.45) is 11.8 Å². The lowest BCUT2D eigenvalue weighted by atomic mass is 9.54. The molecule has 3 aromatic rings. The maximum absolute atomic E-state index is 13.9. The summed E-state index contributed by atoms with van der Waals surface area (Å²) in [5.74, 6) is -4.30. The quantitative estimate of drug-likeness (QED) is 0.335. The van der Waals surface area contributed by atoms with Crippen molar-refractivity contribution in [3.63, 3.8) is 0 Å². The molecule has 0 spiro atoms. The second kappa shape index (κ2) is 8.07. The highest BCUT2D eigenvalue weighted by Crippen LogP contribution is 2.69. The predicted molar refractivity (Wildman–Crippen MR) is 135 cm³/mol. The third-order valence-electron chi connectivity index (χ3n) is 7.84. The number of nitrogens with zero attached hydrogens (tertiary/aromatic N) is 1. The van der Waals surface area contributed by atoms with Crippen molar-refractivity contribution in [3.8, 4) is 0 Å². The molecule has 0 saturated carbocycles. The van der Waals surface area contributed by atoms with E-state index in [9.17, 15) is 27.6 Å². The first kappa shape index (κ1) is 24.9. The summed E-state index contributed by atoms with van der Waals surface area (Å²) in [7, 11) is 0. The summed E-state index contributed by atoms with van der Waals surface area (Å²) in [6.45, 7) is 1.35. The van der Waals surface area contributed by atoms with Crippen LogP contribution >= 0.6 is 23.2 Å². The maximum Gasteiger partial charge on any atom is 0.416 e. The summed E-state index contributed by atoms with van der Waals surface area (Å²) < 4.78 is 39.4. The first-order valence-corrected chi connectivity index (χ1v) is 12.6. The standard InChI is InChI=1S/C28H19Cl2F3N2O3/c1-14(23(36)34-16-8-6-7-15(13-16)28(31,32)33)35-24(37)21-22(25(35)38)27(30)18-10-3-2-9-17(18)26(21,29)19-11-4-5-12-20(19)27/h2-14,21-22H,1H3,(H,34,36)/t14-,21-,22+,26?,27?/m0/s1. The second-order valence-corrected chi connectivity index (χ2v) is 11.0. The average molecular weight is 559 g/mol. The summed E-state index contributed by atoms with van der Waals surface area (Å²) in [6.07, 6.45) is -4.60. The number of carbonyl (C=O) groups excluding carboxylic acids is 3. The maximum atomic E-state index is 13.9. The molecule has 3 amide bonds. The molecule has 3 atom stereocenters. The van der Waals surface area contributed by atoms with Gasteiger partial charge in [-0.1, -0.05) is 54.6 Å². The largest absolute Gasteiger partial charge is 0.416 e. The number of amides is 3. The third kappa shape index (κ3) is 3.10. The molecule has 1 saturated heterocycles. The molecule has 3 aliphatic carbocycles. The Bertz CT molecular complexity index is 1420. The van der Waals surface area contributed by atoms with Crippen molar-refractivity contribution in [1.82, 2.24) is 4.90 Å². The van der Waals surface area contributed by atoms with Crippen LogP contribution in [0.3, 0.4) is 0 Å². The molecule has 10 heteroatoms. The van der Waals surface area contributed by atoms with Gasteiger partial charge in [-0.25, -0.2) is 0 Å². The Kier molecular flexibility index (Phi) is 5.30. The van der Waals surface area contributed by atoms with E-state index in [1.807, 2.05) is 0 Å². The molecule has 3 aromatic carbocycles. The van der Waals surface area contributed by atoms with Gasteiger partial charge in [-0.05, 0) is 47.4 Å². The lowest BCUT2D eigenvalue weighted by molar-refractivity contribution is -0.146. The molecular formula is C28H19Cl2F3N2O3. The van der Waals surface area contributed by atoms with Crippen molar-refractivity contribution in [2.75, 3.05) is 5.32 Å². The van der Waals surface area contributed by atoms with Crippen LogP contribution in [0.1, 0.15) is 34.7 Å².